The molecule has 202 valence electrons. The van der Waals surface area contributed by atoms with Crippen molar-refractivity contribution in [1.29, 1.82) is 0 Å². The largest absolute Gasteiger partial charge is 0.453 e. The van der Waals surface area contributed by atoms with Crippen LogP contribution in [0.5, 0.6) is 5.75 Å². The lowest BCUT2D eigenvalue weighted by Gasteiger charge is -2.19. The summed E-state index contributed by atoms with van der Waals surface area (Å²) < 4.78 is 86.5. The van der Waals surface area contributed by atoms with Crippen LogP contribution in [0.25, 0.3) is 27.9 Å². The molecule has 5 rings (SSSR count). The molecule has 0 saturated carbocycles. The van der Waals surface area contributed by atoms with Gasteiger partial charge in [0.2, 0.25) is 0 Å². The fourth-order valence-electron chi connectivity index (χ4n) is 4.46. The Hall–Kier alpha value is -3.84. The van der Waals surface area contributed by atoms with Crippen LogP contribution >= 0.6 is 0 Å². The SMILES string of the molecule is O=C(c1cc2c(cn1)c(-c1cnc3ccc(OC(F)C(F)F)cn13)nn2C(F)C(F)F)N1CCCCCC1. The number of nitrogens with zero attached hydrogens (tertiary/aromatic N) is 6. The number of ether oxygens (including phenoxy) is 1. The molecule has 1 saturated heterocycles. The van der Waals surface area contributed by atoms with Gasteiger partial charge in [-0.1, -0.05) is 12.8 Å². The van der Waals surface area contributed by atoms with Gasteiger partial charge in [0.15, 0.2) is 0 Å². The van der Waals surface area contributed by atoms with Crippen LogP contribution in [0.2, 0.25) is 0 Å². The second-order valence-electron chi connectivity index (χ2n) is 8.83. The molecule has 4 aromatic heterocycles. The van der Waals surface area contributed by atoms with E-state index in [1.165, 1.54) is 41.2 Å². The number of likely N-dealkylation sites (tertiary alicyclic amines) is 1. The van der Waals surface area contributed by atoms with E-state index < -0.39 is 31.4 Å². The standard InChI is InChI=1S/C24H22F6N6O2/c25-20(26)22(29)36-16-9-15(24(37)34-7-3-1-2-4-8-34)31-10-14(16)19(33-36)17-11-32-18-6-5-13(12-35(17)18)38-23(30)21(27)28/h5-6,9-12,20-23H,1-4,7-8H2. The molecule has 0 bridgehead atoms. The highest BCUT2D eigenvalue weighted by Gasteiger charge is 2.29. The van der Waals surface area contributed by atoms with Gasteiger partial charge < -0.3 is 9.64 Å². The van der Waals surface area contributed by atoms with Crippen LogP contribution in [0.3, 0.4) is 0 Å². The lowest BCUT2D eigenvalue weighted by molar-refractivity contribution is -0.0670. The van der Waals surface area contributed by atoms with E-state index in [1.807, 2.05) is 0 Å². The second-order valence-corrected chi connectivity index (χ2v) is 8.83. The number of carbonyl (C=O) groups excluding carboxylic acids is 1. The van der Waals surface area contributed by atoms with E-state index in [-0.39, 0.29) is 39.4 Å². The van der Waals surface area contributed by atoms with E-state index in [9.17, 15) is 31.1 Å². The number of aromatic nitrogens is 5. The molecule has 4 aromatic rings. The molecular weight excluding hydrogens is 518 g/mol. The smallest absolute Gasteiger partial charge is 0.304 e. The zero-order chi connectivity index (χ0) is 27.0. The molecule has 0 radical (unpaired) electrons. The van der Waals surface area contributed by atoms with E-state index in [0.29, 0.717) is 17.8 Å². The Bertz CT molecular complexity index is 1450. The molecule has 8 nitrogen and oxygen atoms in total. The molecule has 0 N–H and O–H groups in total. The van der Waals surface area contributed by atoms with Gasteiger partial charge in [0, 0.05) is 24.7 Å². The normalized spacial score (nSPS) is 16.4. The Labute approximate surface area is 211 Å². The number of carbonyl (C=O) groups is 1. The van der Waals surface area contributed by atoms with Gasteiger partial charge in [-0.3, -0.25) is 14.2 Å². The summed E-state index contributed by atoms with van der Waals surface area (Å²) in [6.07, 6.45) is -5.14. The fourth-order valence-corrected chi connectivity index (χ4v) is 4.46. The van der Waals surface area contributed by atoms with Gasteiger partial charge in [-0.25, -0.2) is 31.6 Å². The second kappa shape index (κ2) is 10.5. The molecular formula is C24H22F6N6O2. The van der Waals surface area contributed by atoms with Crippen LogP contribution < -0.4 is 4.74 Å². The minimum atomic E-state index is -3.41. The summed E-state index contributed by atoms with van der Waals surface area (Å²) in [7, 11) is 0. The maximum absolute atomic E-state index is 14.7. The first kappa shape index (κ1) is 25.8. The zero-order valence-electron chi connectivity index (χ0n) is 19.8. The van der Waals surface area contributed by atoms with Crippen molar-refractivity contribution in [2.24, 2.45) is 0 Å². The third-order valence-corrected chi connectivity index (χ3v) is 6.31. The number of rotatable bonds is 7. The van der Waals surface area contributed by atoms with Crippen molar-refractivity contribution in [2.45, 2.75) is 51.2 Å². The Morgan fingerprint density at radius 3 is 2.34 bits per heavy atom. The predicted molar refractivity (Wildman–Crippen MR) is 124 cm³/mol. The van der Waals surface area contributed by atoms with Crippen LogP contribution in [-0.4, -0.2) is 67.3 Å². The summed E-state index contributed by atoms with van der Waals surface area (Å²) in [5.74, 6) is -0.653. The van der Waals surface area contributed by atoms with Crippen LogP contribution in [0.4, 0.5) is 26.3 Å². The van der Waals surface area contributed by atoms with E-state index in [1.54, 1.807) is 4.90 Å². The number of fused-ring (bicyclic) bond motifs is 2. The van der Waals surface area contributed by atoms with Gasteiger partial charge >= 0.3 is 6.43 Å². The predicted octanol–water partition coefficient (Wildman–Crippen LogP) is 5.43. The van der Waals surface area contributed by atoms with Gasteiger partial charge in [0.1, 0.15) is 22.8 Å². The number of hydrogen-bond acceptors (Lipinski definition) is 5. The quantitative estimate of drug-likeness (QED) is 0.292. The van der Waals surface area contributed by atoms with Crippen LogP contribution in [0.1, 0.15) is 42.5 Å². The zero-order valence-corrected chi connectivity index (χ0v) is 19.8. The highest BCUT2D eigenvalue weighted by atomic mass is 19.3. The number of alkyl halides is 6. The van der Waals surface area contributed by atoms with Gasteiger partial charge in [-0.2, -0.15) is 9.49 Å². The van der Waals surface area contributed by atoms with Crippen molar-refractivity contribution >= 4 is 22.5 Å². The lowest BCUT2D eigenvalue weighted by atomic mass is 10.2. The maximum atomic E-state index is 14.7. The summed E-state index contributed by atoms with van der Waals surface area (Å²) in [5, 5.41) is 4.19. The molecule has 2 atom stereocenters. The number of halogens is 6. The summed E-state index contributed by atoms with van der Waals surface area (Å²) >= 11 is 0. The molecule has 1 amide bonds. The Balaban J connectivity index is 1.60. The Morgan fingerprint density at radius 2 is 1.66 bits per heavy atom. The summed E-state index contributed by atoms with van der Waals surface area (Å²) in [6, 6.07) is 3.82. The van der Waals surface area contributed by atoms with Gasteiger partial charge in [-0.15, -0.1) is 0 Å². The molecule has 38 heavy (non-hydrogen) atoms. The molecule has 14 heteroatoms. The molecule has 1 aliphatic heterocycles. The van der Waals surface area contributed by atoms with Gasteiger partial charge in [-0.05, 0) is 31.0 Å². The van der Waals surface area contributed by atoms with Crippen LogP contribution in [0.15, 0.2) is 36.8 Å². The third kappa shape index (κ3) is 4.86. The molecule has 1 fully saturated rings. The molecule has 0 aliphatic carbocycles. The summed E-state index contributed by atoms with van der Waals surface area (Å²) in [4.78, 5) is 23.1. The Kier molecular flexibility index (Phi) is 7.13. The van der Waals surface area contributed by atoms with Crippen molar-refractivity contribution in [3.8, 4) is 17.1 Å². The fraction of sp³-hybridized carbons (Fsp3) is 0.417. The lowest BCUT2D eigenvalue weighted by Crippen LogP contribution is -2.32. The van der Waals surface area contributed by atoms with Crippen molar-refractivity contribution in [3.05, 3.63) is 42.5 Å². The highest BCUT2D eigenvalue weighted by molar-refractivity contribution is 5.99. The summed E-state index contributed by atoms with van der Waals surface area (Å²) in [5.41, 5.74) is 0.277. The van der Waals surface area contributed by atoms with Crippen molar-refractivity contribution in [1.82, 2.24) is 29.0 Å². The molecule has 0 aromatic carbocycles. The minimum absolute atomic E-state index is 0.0140. The maximum Gasteiger partial charge on any atom is 0.304 e. The monoisotopic (exact) mass is 540 g/mol. The van der Waals surface area contributed by atoms with Crippen molar-refractivity contribution < 1.29 is 35.9 Å². The highest BCUT2D eigenvalue weighted by Crippen LogP contribution is 2.33. The van der Waals surface area contributed by atoms with Gasteiger partial charge in [0.05, 0.1) is 23.6 Å². The van der Waals surface area contributed by atoms with Crippen molar-refractivity contribution in [2.75, 3.05) is 13.1 Å². The first-order valence-corrected chi connectivity index (χ1v) is 11.9. The first-order chi connectivity index (χ1) is 18.2. The molecule has 1 aliphatic rings. The van der Waals surface area contributed by atoms with E-state index in [4.69, 9.17) is 0 Å². The average Bonchev–Trinajstić information content (AvgIpc) is 3.36. The van der Waals surface area contributed by atoms with Crippen molar-refractivity contribution in [3.63, 3.8) is 0 Å². The average molecular weight is 540 g/mol. The first-order valence-electron chi connectivity index (χ1n) is 11.9. The third-order valence-electron chi connectivity index (χ3n) is 6.31. The summed E-state index contributed by atoms with van der Waals surface area (Å²) in [6.45, 7) is 1.06. The molecule has 5 heterocycles. The van der Waals surface area contributed by atoms with Gasteiger partial charge in [0.25, 0.3) is 25.0 Å². The van der Waals surface area contributed by atoms with E-state index in [2.05, 4.69) is 19.8 Å². The number of pyridine rings is 2. The molecule has 0 spiro atoms. The molecule has 2 unspecified atom stereocenters. The van der Waals surface area contributed by atoms with Crippen LogP contribution in [-0.2, 0) is 0 Å². The van der Waals surface area contributed by atoms with E-state index in [0.717, 1.165) is 25.7 Å². The topological polar surface area (TPSA) is 77.5 Å². The number of hydrogen-bond donors (Lipinski definition) is 0. The number of amides is 1. The number of imidazole rings is 1. The van der Waals surface area contributed by atoms with Crippen LogP contribution in [0, 0.1) is 0 Å². The Morgan fingerprint density at radius 1 is 0.921 bits per heavy atom. The van der Waals surface area contributed by atoms with E-state index >= 15 is 0 Å². The minimum Gasteiger partial charge on any atom is -0.453 e.